The Morgan fingerprint density at radius 2 is 1.58 bits per heavy atom. The number of benzene rings is 2. The molecule has 0 radical (unpaired) electrons. The number of piperazine rings is 1. The van der Waals surface area contributed by atoms with E-state index in [0.29, 0.717) is 32.8 Å². The zero-order valence-electron chi connectivity index (χ0n) is 19.4. The second-order valence-corrected chi connectivity index (χ2v) is 8.62. The smallest absolute Gasteiger partial charge is 0.244 e. The largest absolute Gasteiger partial charge is 0.378 e. The van der Waals surface area contributed by atoms with Gasteiger partial charge in [-0.1, -0.05) is 55.5 Å². The van der Waals surface area contributed by atoms with Crippen molar-refractivity contribution in [2.75, 3.05) is 64.3 Å². The van der Waals surface area contributed by atoms with Gasteiger partial charge in [0.2, 0.25) is 11.8 Å². The summed E-state index contributed by atoms with van der Waals surface area (Å²) >= 11 is 0. The maximum Gasteiger partial charge on any atom is 0.244 e. The quantitative estimate of drug-likeness (QED) is 0.702. The number of aryl methyl sites for hydroxylation is 1. The lowest BCUT2D eigenvalue weighted by Crippen LogP contribution is -2.53. The first-order valence-electron chi connectivity index (χ1n) is 11.9. The minimum Gasteiger partial charge on any atom is -0.378 e. The van der Waals surface area contributed by atoms with Crippen LogP contribution in [0.4, 0.5) is 5.69 Å². The fourth-order valence-electron chi connectivity index (χ4n) is 4.62. The van der Waals surface area contributed by atoms with Crippen LogP contribution in [0.15, 0.2) is 54.6 Å². The van der Waals surface area contributed by atoms with E-state index in [1.54, 1.807) is 0 Å². The Morgan fingerprint density at radius 1 is 0.909 bits per heavy atom. The Morgan fingerprint density at radius 3 is 2.27 bits per heavy atom. The molecular formula is C26H34N4O3. The molecule has 0 aliphatic carbocycles. The van der Waals surface area contributed by atoms with Crippen molar-refractivity contribution in [1.82, 2.24) is 14.7 Å². The second-order valence-electron chi connectivity index (χ2n) is 8.62. The van der Waals surface area contributed by atoms with Crippen LogP contribution in [-0.2, 0) is 20.7 Å². The van der Waals surface area contributed by atoms with Crippen LogP contribution >= 0.6 is 0 Å². The maximum absolute atomic E-state index is 13.5. The Hall–Kier alpha value is -2.74. The topological polar surface area (TPSA) is 65.1 Å². The third-order valence-corrected chi connectivity index (χ3v) is 6.48. The van der Waals surface area contributed by atoms with Crippen molar-refractivity contribution in [3.63, 3.8) is 0 Å². The van der Waals surface area contributed by atoms with Crippen molar-refractivity contribution in [2.24, 2.45) is 0 Å². The van der Waals surface area contributed by atoms with Crippen LogP contribution in [0, 0.1) is 0 Å². The van der Waals surface area contributed by atoms with Gasteiger partial charge in [-0.15, -0.1) is 0 Å². The fourth-order valence-corrected chi connectivity index (χ4v) is 4.62. The molecule has 1 N–H and O–H groups in total. The van der Waals surface area contributed by atoms with E-state index < -0.39 is 0 Å². The molecule has 0 bridgehead atoms. The van der Waals surface area contributed by atoms with Crippen molar-refractivity contribution in [3.8, 4) is 0 Å². The number of anilines is 1. The van der Waals surface area contributed by atoms with Crippen molar-refractivity contribution in [2.45, 2.75) is 19.4 Å². The molecule has 0 aromatic heterocycles. The molecule has 7 nitrogen and oxygen atoms in total. The zero-order valence-corrected chi connectivity index (χ0v) is 19.4. The highest BCUT2D eigenvalue weighted by Crippen LogP contribution is 2.25. The van der Waals surface area contributed by atoms with Crippen LogP contribution in [0.3, 0.4) is 0 Å². The van der Waals surface area contributed by atoms with Crippen LogP contribution in [-0.4, -0.2) is 85.5 Å². The van der Waals surface area contributed by atoms with E-state index in [2.05, 4.69) is 22.0 Å². The normalized spacial score (nSPS) is 18.6. The first-order valence-corrected chi connectivity index (χ1v) is 11.9. The summed E-state index contributed by atoms with van der Waals surface area (Å²) in [6.45, 7) is 7.91. The number of nitrogens with one attached hydrogen (secondary N) is 1. The number of hydrogen-bond acceptors (Lipinski definition) is 5. The minimum absolute atomic E-state index is 0.00773. The molecule has 2 aliphatic rings. The third kappa shape index (κ3) is 5.99. The van der Waals surface area contributed by atoms with Gasteiger partial charge in [0.25, 0.3) is 0 Å². The predicted molar refractivity (Wildman–Crippen MR) is 129 cm³/mol. The molecule has 33 heavy (non-hydrogen) atoms. The number of carbonyl (C=O) groups is 2. The van der Waals surface area contributed by atoms with Gasteiger partial charge in [0.15, 0.2) is 0 Å². The number of ether oxygens (including phenoxy) is 1. The Bertz CT molecular complexity index is 922. The summed E-state index contributed by atoms with van der Waals surface area (Å²) in [7, 11) is 0. The molecule has 1 atom stereocenters. The Labute approximate surface area is 196 Å². The Kier molecular flexibility index (Phi) is 8.10. The Balaban J connectivity index is 1.37. The van der Waals surface area contributed by atoms with Crippen LogP contribution in [0.1, 0.15) is 24.1 Å². The number of morpholine rings is 1. The lowest BCUT2D eigenvalue weighted by Gasteiger charge is -2.40. The maximum atomic E-state index is 13.5. The van der Waals surface area contributed by atoms with Crippen LogP contribution in [0.25, 0.3) is 0 Å². The van der Waals surface area contributed by atoms with Crippen LogP contribution in [0.2, 0.25) is 0 Å². The predicted octanol–water partition coefficient (Wildman–Crippen LogP) is 2.41. The molecule has 0 unspecified atom stereocenters. The van der Waals surface area contributed by atoms with Gasteiger partial charge in [-0.25, -0.2) is 0 Å². The summed E-state index contributed by atoms with van der Waals surface area (Å²) in [6.07, 6.45) is 0.882. The van der Waals surface area contributed by atoms with Crippen molar-refractivity contribution in [3.05, 3.63) is 65.7 Å². The van der Waals surface area contributed by atoms with E-state index in [4.69, 9.17) is 4.74 Å². The summed E-state index contributed by atoms with van der Waals surface area (Å²) in [5.74, 6) is 0.153. The summed E-state index contributed by atoms with van der Waals surface area (Å²) < 4.78 is 5.44. The fraction of sp³-hybridized carbons (Fsp3) is 0.462. The van der Waals surface area contributed by atoms with E-state index in [9.17, 15) is 9.59 Å². The number of para-hydroxylation sites is 1. The van der Waals surface area contributed by atoms with E-state index in [1.807, 2.05) is 59.5 Å². The highest BCUT2D eigenvalue weighted by Gasteiger charge is 2.34. The number of rotatable bonds is 7. The number of hydrogen-bond donors (Lipinski definition) is 1. The lowest BCUT2D eigenvalue weighted by atomic mass is 10.0. The number of carbonyl (C=O) groups excluding carboxylic acids is 2. The summed E-state index contributed by atoms with van der Waals surface area (Å²) in [5.41, 5.74) is 3.06. The van der Waals surface area contributed by atoms with Crippen LogP contribution < -0.4 is 5.32 Å². The van der Waals surface area contributed by atoms with Gasteiger partial charge < -0.3 is 15.0 Å². The lowest BCUT2D eigenvalue weighted by molar-refractivity contribution is -0.142. The summed E-state index contributed by atoms with van der Waals surface area (Å²) in [6, 6.07) is 17.7. The molecule has 0 spiro atoms. The average Bonchev–Trinajstić information content (AvgIpc) is 2.86. The van der Waals surface area contributed by atoms with Crippen molar-refractivity contribution in [1.29, 1.82) is 0 Å². The summed E-state index contributed by atoms with van der Waals surface area (Å²) in [4.78, 5) is 32.5. The van der Waals surface area contributed by atoms with Gasteiger partial charge in [0, 0.05) is 45.0 Å². The van der Waals surface area contributed by atoms with Gasteiger partial charge in [-0.3, -0.25) is 19.4 Å². The molecule has 2 heterocycles. The molecule has 0 saturated carbocycles. The van der Waals surface area contributed by atoms with E-state index in [0.717, 1.165) is 49.4 Å². The molecule has 2 aromatic carbocycles. The standard InChI is InChI=1S/C26H34N4O3/c1-2-21-8-6-7-11-23(21)27-24(31)20-28-12-14-29(15-13-28)25(22-9-4-3-5-10-22)26(32)30-16-18-33-19-17-30/h3-11,25H,2,12-20H2,1H3,(H,27,31)/t25-/m1/s1. The minimum atomic E-state index is -0.295. The first-order chi connectivity index (χ1) is 16.2. The van der Waals surface area contributed by atoms with E-state index in [1.165, 1.54) is 0 Å². The molecule has 7 heteroatoms. The molecule has 2 fully saturated rings. The molecule has 2 aromatic rings. The molecule has 2 amide bonds. The third-order valence-electron chi connectivity index (χ3n) is 6.48. The van der Waals surface area contributed by atoms with Crippen molar-refractivity contribution >= 4 is 17.5 Å². The summed E-state index contributed by atoms with van der Waals surface area (Å²) in [5, 5.41) is 3.06. The van der Waals surface area contributed by atoms with Gasteiger partial charge in [0.05, 0.1) is 19.8 Å². The highest BCUT2D eigenvalue weighted by atomic mass is 16.5. The van der Waals surface area contributed by atoms with Crippen molar-refractivity contribution < 1.29 is 14.3 Å². The number of nitrogens with zero attached hydrogens (tertiary/aromatic N) is 3. The monoisotopic (exact) mass is 450 g/mol. The average molecular weight is 451 g/mol. The second kappa shape index (κ2) is 11.4. The zero-order chi connectivity index (χ0) is 23.0. The van der Waals surface area contributed by atoms with Crippen LogP contribution in [0.5, 0.6) is 0 Å². The molecular weight excluding hydrogens is 416 g/mol. The molecule has 2 aliphatic heterocycles. The number of amides is 2. The SMILES string of the molecule is CCc1ccccc1NC(=O)CN1CCN([C@@H](C(=O)N2CCOCC2)c2ccccc2)CC1. The van der Waals surface area contributed by atoms with Gasteiger partial charge in [-0.05, 0) is 23.6 Å². The highest BCUT2D eigenvalue weighted by molar-refractivity contribution is 5.93. The van der Waals surface area contributed by atoms with E-state index >= 15 is 0 Å². The van der Waals surface area contributed by atoms with Gasteiger partial charge >= 0.3 is 0 Å². The first kappa shape index (κ1) is 23.4. The van der Waals surface area contributed by atoms with Gasteiger partial charge in [0.1, 0.15) is 6.04 Å². The molecule has 4 rings (SSSR count). The molecule has 176 valence electrons. The van der Waals surface area contributed by atoms with E-state index in [-0.39, 0.29) is 17.9 Å². The molecule has 2 saturated heterocycles. The van der Waals surface area contributed by atoms with Gasteiger partial charge in [-0.2, -0.15) is 0 Å².